The number of likely N-dealkylation sites (tertiary alicyclic amines) is 1. The first kappa shape index (κ1) is 14.0. The first-order chi connectivity index (χ1) is 7.56. The van der Waals surface area contributed by atoms with Gasteiger partial charge in [-0.15, -0.1) is 0 Å². The number of rotatable bonds is 5. The Morgan fingerprint density at radius 1 is 1.25 bits per heavy atom. The zero-order valence-electron chi connectivity index (χ0n) is 11.8. The van der Waals surface area contributed by atoms with Crippen LogP contribution in [-0.2, 0) is 0 Å². The molecule has 0 spiro atoms. The molecule has 2 heteroatoms. The summed E-state index contributed by atoms with van der Waals surface area (Å²) in [4.78, 5) is 2.67. The molecule has 0 aromatic heterocycles. The van der Waals surface area contributed by atoms with E-state index in [-0.39, 0.29) is 0 Å². The summed E-state index contributed by atoms with van der Waals surface area (Å²) in [6.07, 6.45) is 5.29. The third-order valence-corrected chi connectivity index (χ3v) is 4.83. The molecule has 16 heavy (non-hydrogen) atoms. The number of likely N-dealkylation sites (N-methyl/N-ethyl adjacent to an activating group) is 1. The summed E-state index contributed by atoms with van der Waals surface area (Å²) in [7, 11) is 2.09. The molecule has 0 saturated carbocycles. The van der Waals surface area contributed by atoms with Crippen LogP contribution in [0.3, 0.4) is 0 Å². The van der Waals surface area contributed by atoms with Gasteiger partial charge in [0, 0.05) is 12.1 Å². The van der Waals surface area contributed by atoms with Gasteiger partial charge in [-0.1, -0.05) is 27.2 Å². The predicted molar refractivity (Wildman–Crippen MR) is 71.8 cm³/mol. The van der Waals surface area contributed by atoms with E-state index in [1.54, 1.807) is 0 Å². The summed E-state index contributed by atoms with van der Waals surface area (Å²) in [5, 5.41) is 3.44. The smallest absolute Gasteiger partial charge is 0.0220 e. The molecule has 0 bridgehead atoms. The molecule has 1 N–H and O–H groups in total. The number of nitrogens with one attached hydrogen (secondary N) is 1. The number of hydrogen-bond donors (Lipinski definition) is 1. The molecule has 2 atom stereocenters. The van der Waals surface area contributed by atoms with Gasteiger partial charge in [0.25, 0.3) is 0 Å². The molecule has 0 radical (unpaired) electrons. The Kier molecular flexibility index (Phi) is 5.26. The van der Waals surface area contributed by atoms with Crippen molar-refractivity contribution >= 4 is 0 Å². The maximum absolute atomic E-state index is 3.44. The predicted octanol–water partition coefficient (Wildman–Crippen LogP) is 2.89. The molecular weight excluding hydrogens is 196 g/mol. The van der Waals surface area contributed by atoms with E-state index in [0.717, 1.165) is 0 Å². The molecule has 1 rings (SSSR count). The average molecular weight is 226 g/mol. The first-order valence-corrected chi connectivity index (χ1v) is 6.97. The largest absolute Gasteiger partial charge is 0.315 e. The molecule has 1 aliphatic heterocycles. The summed E-state index contributed by atoms with van der Waals surface area (Å²) >= 11 is 0. The highest BCUT2D eigenvalue weighted by molar-refractivity contribution is 4.87. The van der Waals surface area contributed by atoms with E-state index >= 15 is 0 Å². The van der Waals surface area contributed by atoms with Gasteiger partial charge in [0.15, 0.2) is 0 Å². The van der Waals surface area contributed by atoms with Gasteiger partial charge in [-0.3, -0.25) is 4.90 Å². The molecule has 1 aliphatic rings. The van der Waals surface area contributed by atoms with Crippen molar-refractivity contribution in [3.63, 3.8) is 0 Å². The SMILES string of the molecule is CCC(NC)C(C)N1CCC(C)(CC)CC1. The quantitative estimate of drug-likeness (QED) is 0.775. The van der Waals surface area contributed by atoms with E-state index in [2.05, 4.69) is 45.0 Å². The van der Waals surface area contributed by atoms with Crippen LogP contribution < -0.4 is 5.32 Å². The lowest BCUT2D eigenvalue weighted by molar-refractivity contribution is 0.0721. The summed E-state index contributed by atoms with van der Waals surface area (Å²) in [6, 6.07) is 1.32. The Hall–Kier alpha value is -0.0800. The molecule has 0 aromatic carbocycles. The maximum atomic E-state index is 3.44. The van der Waals surface area contributed by atoms with E-state index in [1.807, 2.05) is 0 Å². The number of hydrogen-bond acceptors (Lipinski definition) is 2. The van der Waals surface area contributed by atoms with Crippen molar-refractivity contribution in [2.24, 2.45) is 5.41 Å². The normalized spacial score (nSPS) is 25.3. The van der Waals surface area contributed by atoms with Gasteiger partial charge in [-0.05, 0) is 51.7 Å². The van der Waals surface area contributed by atoms with E-state index in [4.69, 9.17) is 0 Å². The van der Waals surface area contributed by atoms with Crippen molar-refractivity contribution in [1.82, 2.24) is 10.2 Å². The third kappa shape index (κ3) is 3.21. The molecule has 96 valence electrons. The lowest BCUT2D eigenvalue weighted by atomic mass is 9.78. The van der Waals surface area contributed by atoms with E-state index in [0.29, 0.717) is 17.5 Å². The van der Waals surface area contributed by atoms with Gasteiger partial charge in [0.1, 0.15) is 0 Å². The molecule has 0 aliphatic carbocycles. The molecule has 2 nitrogen and oxygen atoms in total. The van der Waals surface area contributed by atoms with E-state index < -0.39 is 0 Å². The monoisotopic (exact) mass is 226 g/mol. The van der Waals surface area contributed by atoms with Gasteiger partial charge in [-0.25, -0.2) is 0 Å². The van der Waals surface area contributed by atoms with Crippen LogP contribution in [0.4, 0.5) is 0 Å². The van der Waals surface area contributed by atoms with E-state index in [1.165, 1.54) is 38.8 Å². The Labute approximate surface area is 102 Å². The van der Waals surface area contributed by atoms with Gasteiger partial charge >= 0.3 is 0 Å². The third-order valence-electron chi connectivity index (χ3n) is 4.83. The highest BCUT2D eigenvalue weighted by Gasteiger charge is 2.31. The minimum atomic E-state index is 0.609. The van der Waals surface area contributed by atoms with Crippen LogP contribution in [0.2, 0.25) is 0 Å². The standard InChI is InChI=1S/C14H30N2/c1-6-13(15-5)12(3)16-10-8-14(4,7-2)9-11-16/h12-13,15H,6-11H2,1-5H3. The first-order valence-electron chi connectivity index (χ1n) is 6.97. The summed E-state index contributed by atoms with van der Waals surface area (Å²) in [5.41, 5.74) is 0.609. The van der Waals surface area contributed by atoms with Crippen molar-refractivity contribution in [2.45, 2.75) is 65.5 Å². The lowest BCUT2D eigenvalue weighted by Gasteiger charge is -2.43. The average Bonchev–Trinajstić information content (AvgIpc) is 2.31. The van der Waals surface area contributed by atoms with Crippen LogP contribution in [0.5, 0.6) is 0 Å². The Morgan fingerprint density at radius 3 is 2.19 bits per heavy atom. The Morgan fingerprint density at radius 2 is 1.81 bits per heavy atom. The van der Waals surface area contributed by atoms with Crippen molar-refractivity contribution in [1.29, 1.82) is 0 Å². The van der Waals surface area contributed by atoms with Crippen molar-refractivity contribution < 1.29 is 0 Å². The second kappa shape index (κ2) is 6.02. The van der Waals surface area contributed by atoms with Crippen LogP contribution in [0.15, 0.2) is 0 Å². The topological polar surface area (TPSA) is 15.3 Å². The van der Waals surface area contributed by atoms with Gasteiger partial charge in [-0.2, -0.15) is 0 Å². The van der Waals surface area contributed by atoms with Gasteiger partial charge in [0.05, 0.1) is 0 Å². The maximum Gasteiger partial charge on any atom is 0.0220 e. The highest BCUT2D eigenvalue weighted by atomic mass is 15.2. The fourth-order valence-corrected chi connectivity index (χ4v) is 2.87. The molecule has 1 heterocycles. The number of nitrogens with zero attached hydrogens (tertiary/aromatic N) is 1. The minimum Gasteiger partial charge on any atom is -0.315 e. The zero-order chi connectivity index (χ0) is 12.2. The lowest BCUT2D eigenvalue weighted by Crippen LogP contribution is -2.51. The molecule has 2 unspecified atom stereocenters. The fourth-order valence-electron chi connectivity index (χ4n) is 2.87. The summed E-state index contributed by atoms with van der Waals surface area (Å²) in [5.74, 6) is 0. The second-order valence-corrected chi connectivity index (χ2v) is 5.74. The highest BCUT2D eigenvalue weighted by Crippen LogP contribution is 2.34. The van der Waals surface area contributed by atoms with E-state index in [9.17, 15) is 0 Å². The minimum absolute atomic E-state index is 0.609. The molecule has 1 saturated heterocycles. The van der Waals surface area contributed by atoms with Crippen LogP contribution in [0, 0.1) is 5.41 Å². The van der Waals surface area contributed by atoms with Crippen LogP contribution in [0.25, 0.3) is 0 Å². The fraction of sp³-hybridized carbons (Fsp3) is 1.00. The van der Waals surface area contributed by atoms with Crippen molar-refractivity contribution in [3.8, 4) is 0 Å². The van der Waals surface area contributed by atoms with Crippen LogP contribution in [0.1, 0.15) is 53.4 Å². The van der Waals surface area contributed by atoms with Gasteiger partial charge in [0.2, 0.25) is 0 Å². The molecule has 0 aromatic rings. The summed E-state index contributed by atoms with van der Waals surface area (Å²) < 4.78 is 0. The van der Waals surface area contributed by atoms with Crippen LogP contribution >= 0.6 is 0 Å². The Bertz CT molecular complexity index is 191. The van der Waals surface area contributed by atoms with Crippen molar-refractivity contribution in [3.05, 3.63) is 0 Å². The van der Waals surface area contributed by atoms with Crippen LogP contribution in [-0.4, -0.2) is 37.1 Å². The summed E-state index contributed by atoms with van der Waals surface area (Å²) in [6.45, 7) is 12.0. The number of piperidine rings is 1. The Balaban J connectivity index is 2.46. The molecule has 0 amide bonds. The molecular formula is C14H30N2. The second-order valence-electron chi connectivity index (χ2n) is 5.74. The molecule has 1 fully saturated rings. The van der Waals surface area contributed by atoms with Gasteiger partial charge < -0.3 is 5.32 Å². The zero-order valence-corrected chi connectivity index (χ0v) is 11.8. The van der Waals surface area contributed by atoms with Crippen molar-refractivity contribution in [2.75, 3.05) is 20.1 Å².